The number of benzene rings is 1. The molecule has 2 rings (SSSR count). The van der Waals surface area contributed by atoms with Crippen molar-refractivity contribution in [1.29, 1.82) is 0 Å². The summed E-state index contributed by atoms with van der Waals surface area (Å²) in [5.41, 5.74) is 1.22. The highest BCUT2D eigenvalue weighted by Gasteiger charge is 2.21. The van der Waals surface area contributed by atoms with Gasteiger partial charge in [0.25, 0.3) is 0 Å². The van der Waals surface area contributed by atoms with Gasteiger partial charge in [-0.15, -0.1) is 0 Å². The molecule has 1 atom stereocenters. The topological polar surface area (TPSA) is 44.4 Å². The lowest BCUT2D eigenvalue weighted by molar-refractivity contribution is -0.124. The number of amides is 1. The van der Waals surface area contributed by atoms with E-state index in [0.717, 1.165) is 39.0 Å². The first-order valence-electron chi connectivity index (χ1n) is 7.02. The summed E-state index contributed by atoms with van der Waals surface area (Å²) < 4.78 is 0. The summed E-state index contributed by atoms with van der Waals surface area (Å²) >= 11 is 0. The van der Waals surface area contributed by atoms with Crippen LogP contribution in [0.2, 0.25) is 0 Å². The molecule has 1 heterocycles. The molecule has 1 aromatic carbocycles. The van der Waals surface area contributed by atoms with E-state index in [2.05, 4.69) is 34.7 Å². The number of para-hydroxylation sites is 1. The van der Waals surface area contributed by atoms with Crippen molar-refractivity contribution in [3.8, 4) is 0 Å². The summed E-state index contributed by atoms with van der Waals surface area (Å²) in [5, 5.41) is 6.24. The Labute approximate surface area is 115 Å². The van der Waals surface area contributed by atoms with Gasteiger partial charge in [0, 0.05) is 32.4 Å². The molecule has 0 aliphatic carbocycles. The Morgan fingerprint density at radius 3 is 2.89 bits per heavy atom. The maximum Gasteiger partial charge on any atom is 0.224 e. The van der Waals surface area contributed by atoms with Crippen LogP contribution in [0.15, 0.2) is 30.3 Å². The number of carbonyl (C=O) groups is 1. The Bertz CT molecular complexity index is 388. The second-order valence-electron chi connectivity index (χ2n) is 5.09. The zero-order chi connectivity index (χ0) is 13.5. The SMILES string of the molecule is CN(CCCNC(=O)C1CCNC1)c1ccccc1. The molecule has 0 bridgehead atoms. The molecule has 1 saturated heterocycles. The number of anilines is 1. The molecule has 1 aliphatic rings. The average Bonchev–Trinajstić information content (AvgIpc) is 2.98. The van der Waals surface area contributed by atoms with Gasteiger partial charge in [-0.2, -0.15) is 0 Å². The smallest absolute Gasteiger partial charge is 0.224 e. The van der Waals surface area contributed by atoms with E-state index in [1.54, 1.807) is 0 Å². The van der Waals surface area contributed by atoms with E-state index >= 15 is 0 Å². The van der Waals surface area contributed by atoms with Gasteiger partial charge in [0.1, 0.15) is 0 Å². The van der Waals surface area contributed by atoms with E-state index in [1.165, 1.54) is 5.69 Å². The Morgan fingerprint density at radius 1 is 1.42 bits per heavy atom. The van der Waals surface area contributed by atoms with Crippen molar-refractivity contribution in [2.24, 2.45) is 5.92 Å². The third kappa shape index (κ3) is 4.24. The Morgan fingerprint density at radius 2 is 2.21 bits per heavy atom. The maximum atomic E-state index is 11.8. The summed E-state index contributed by atoms with van der Waals surface area (Å²) in [6, 6.07) is 10.3. The predicted octanol–water partition coefficient (Wildman–Crippen LogP) is 1.24. The van der Waals surface area contributed by atoms with Crippen LogP contribution in [0.1, 0.15) is 12.8 Å². The van der Waals surface area contributed by atoms with Crippen molar-refractivity contribution in [3.63, 3.8) is 0 Å². The van der Waals surface area contributed by atoms with Crippen LogP contribution in [-0.2, 0) is 4.79 Å². The molecule has 104 valence electrons. The van der Waals surface area contributed by atoms with Crippen LogP contribution in [0.4, 0.5) is 5.69 Å². The second kappa shape index (κ2) is 7.14. The number of hydrogen-bond acceptors (Lipinski definition) is 3. The van der Waals surface area contributed by atoms with Crippen LogP contribution in [0.5, 0.6) is 0 Å². The molecule has 0 aromatic heterocycles. The number of carbonyl (C=O) groups excluding carboxylic acids is 1. The molecule has 0 saturated carbocycles. The molecule has 1 aromatic rings. The van der Waals surface area contributed by atoms with Gasteiger partial charge in [0.2, 0.25) is 5.91 Å². The molecule has 2 N–H and O–H groups in total. The second-order valence-corrected chi connectivity index (χ2v) is 5.09. The summed E-state index contributed by atoms with van der Waals surface area (Å²) in [7, 11) is 2.08. The summed E-state index contributed by atoms with van der Waals surface area (Å²) in [5.74, 6) is 0.374. The normalized spacial score (nSPS) is 18.3. The van der Waals surface area contributed by atoms with E-state index in [9.17, 15) is 4.79 Å². The number of nitrogens with one attached hydrogen (secondary N) is 2. The molecular weight excluding hydrogens is 238 g/mol. The number of nitrogens with zero attached hydrogens (tertiary/aromatic N) is 1. The van der Waals surface area contributed by atoms with Crippen LogP contribution in [0.3, 0.4) is 0 Å². The number of rotatable bonds is 6. The molecule has 0 spiro atoms. The van der Waals surface area contributed by atoms with Gasteiger partial charge in [0.05, 0.1) is 5.92 Å². The minimum absolute atomic E-state index is 0.173. The minimum Gasteiger partial charge on any atom is -0.375 e. The van der Waals surface area contributed by atoms with Crippen molar-refractivity contribution < 1.29 is 4.79 Å². The lowest BCUT2D eigenvalue weighted by Crippen LogP contribution is -2.34. The molecule has 1 aliphatic heterocycles. The Hall–Kier alpha value is -1.55. The van der Waals surface area contributed by atoms with Gasteiger partial charge in [-0.05, 0) is 31.5 Å². The van der Waals surface area contributed by atoms with E-state index in [-0.39, 0.29) is 11.8 Å². The quantitative estimate of drug-likeness (QED) is 0.757. The van der Waals surface area contributed by atoms with Crippen LogP contribution >= 0.6 is 0 Å². The molecule has 0 radical (unpaired) electrons. The molecule has 1 unspecified atom stereocenters. The maximum absolute atomic E-state index is 11.8. The fraction of sp³-hybridized carbons (Fsp3) is 0.533. The lowest BCUT2D eigenvalue weighted by atomic mass is 10.1. The average molecular weight is 261 g/mol. The van der Waals surface area contributed by atoms with E-state index in [4.69, 9.17) is 0 Å². The lowest BCUT2D eigenvalue weighted by Gasteiger charge is -2.19. The number of hydrogen-bond donors (Lipinski definition) is 2. The predicted molar refractivity (Wildman–Crippen MR) is 78.3 cm³/mol. The van der Waals surface area contributed by atoms with Crippen molar-refractivity contribution in [3.05, 3.63) is 30.3 Å². The van der Waals surface area contributed by atoms with Gasteiger partial charge >= 0.3 is 0 Å². The van der Waals surface area contributed by atoms with Gasteiger partial charge in [-0.1, -0.05) is 18.2 Å². The molecule has 1 fully saturated rings. The highest BCUT2D eigenvalue weighted by molar-refractivity contribution is 5.79. The van der Waals surface area contributed by atoms with Crippen molar-refractivity contribution in [2.75, 3.05) is 38.1 Å². The summed E-state index contributed by atoms with van der Waals surface area (Å²) in [6.07, 6.45) is 1.94. The van der Waals surface area contributed by atoms with Crippen LogP contribution in [-0.4, -0.2) is 39.1 Å². The Kier molecular flexibility index (Phi) is 5.21. The summed E-state index contributed by atoms with van der Waals surface area (Å²) in [6.45, 7) is 3.50. The van der Waals surface area contributed by atoms with Gasteiger partial charge in [0.15, 0.2) is 0 Å². The third-order valence-electron chi connectivity index (χ3n) is 3.60. The van der Waals surface area contributed by atoms with E-state index in [1.807, 2.05) is 18.2 Å². The zero-order valence-electron chi connectivity index (χ0n) is 11.6. The van der Waals surface area contributed by atoms with Gasteiger partial charge in [-0.25, -0.2) is 0 Å². The molecule has 4 nitrogen and oxygen atoms in total. The molecular formula is C15H23N3O. The molecule has 4 heteroatoms. The minimum atomic E-state index is 0.173. The highest BCUT2D eigenvalue weighted by Crippen LogP contribution is 2.11. The third-order valence-corrected chi connectivity index (χ3v) is 3.60. The largest absolute Gasteiger partial charge is 0.375 e. The Balaban J connectivity index is 1.62. The van der Waals surface area contributed by atoms with Crippen LogP contribution < -0.4 is 15.5 Å². The monoisotopic (exact) mass is 261 g/mol. The van der Waals surface area contributed by atoms with Gasteiger partial charge < -0.3 is 15.5 Å². The van der Waals surface area contributed by atoms with E-state index < -0.39 is 0 Å². The fourth-order valence-electron chi connectivity index (χ4n) is 2.36. The van der Waals surface area contributed by atoms with Crippen molar-refractivity contribution in [1.82, 2.24) is 10.6 Å². The van der Waals surface area contributed by atoms with E-state index in [0.29, 0.717) is 0 Å². The first-order valence-corrected chi connectivity index (χ1v) is 7.02. The van der Waals surface area contributed by atoms with Crippen molar-refractivity contribution in [2.45, 2.75) is 12.8 Å². The van der Waals surface area contributed by atoms with Gasteiger partial charge in [-0.3, -0.25) is 4.79 Å². The summed E-state index contributed by atoms with van der Waals surface area (Å²) in [4.78, 5) is 14.0. The standard InChI is InChI=1S/C15H23N3O/c1-18(14-6-3-2-4-7-14)11-5-9-17-15(19)13-8-10-16-12-13/h2-4,6-7,13,16H,5,8-12H2,1H3,(H,17,19). The highest BCUT2D eigenvalue weighted by atomic mass is 16.1. The molecule has 1 amide bonds. The molecule has 19 heavy (non-hydrogen) atoms. The zero-order valence-corrected chi connectivity index (χ0v) is 11.6. The van der Waals surface area contributed by atoms with Crippen molar-refractivity contribution >= 4 is 11.6 Å². The fourth-order valence-corrected chi connectivity index (χ4v) is 2.36. The first kappa shape index (κ1) is 13.9. The first-order chi connectivity index (χ1) is 9.27. The van der Waals surface area contributed by atoms with Crippen LogP contribution in [0.25, 0.3) is 0 Å². The van der Waals surface area contributed by atoms with Crippen LogP contribution in [0, 0.1) is 5.92 Å².